The van der Waals surface area contributed by atoms with Gasteiger partial charge in [-0.3, -0.25) is 9.18 Å². The number of hydrogen-bond acceptors (Lipinski definition) is 6. The smallest absolute Gasteiger partial charge is 0.228 e. The van der Waals surface area contributed by atoms with Crippen LogP contribution < -0.4 is 0 Å². The first-order valence-electron chi connectivity index (χ1n) is 10.0. The number of halogens is 1. The molecule has 0 unspecified atom stereocenters. The predicted molar refractivity (Wildman–Crippen MR) is 111 cm³/mol. The molecule has 1 saturated heterocycles. The molecule has 3 aromatic rings. The highest BCUT2D eigenvalue weighted by Crippen LogP contribution is 2.26. The van der Waals surface area contributed by atoms with Gasteiger partial charge in [-0.15, -0.1) is 10.2 Å². The number of nitrogens with zero attached hydrogens (tertiary/aromatic N) is 5. The standard InChI is InChI=1S/C21H24FN5OS/c1-14-23-26-21(29-14)16-4-5-19-17(11-16)12-18(24-25-19)13-20(28)27-9-6-15(7-10-27)3-2-8-22/h4-5,11-12,15H,2-3,6-10,13H2,1H3. The summed E-state index contributed by atoms with van der Waals surface area (Å²) in [5.41, 5.74) is 2.45. The second kappa shape index (κ2) is 8.90. The molecule has 0 bridgehead atoms. The van der Waals surface area contributed by atoms with Crippen LogP contribution in [0.4, 0.5) is 4.39 Å². The number of carbonyl (C=O) groups is 1. The number of carbonyl (C=O) groups excluding carboxylic acids is 1. The Kier molecular flexibility index (Phi) is 6.08. The summed E-state index contributed by atoms with van der Waals surface area (Å²) in [6, 6.07) is 7.84. The average molecular weight is 414 g/mol. The molecule has 8 heteroatoms. The molecule has 1 aliphatic heterocycles. The van der Waals surface area contributed by atoms with Crippen LogP contribution >= 0.6 is 11.3 Å². The van der Waals surface area contributed by atoms with E-state index in [1.54, 1.807) is 11.3 Å². The molecule has 1 aliphatic rings. The van der Waals surface area contributed by atoms with Gasteiger partial charge in [-0.1, -0.05) is 11.3 Å². The van der Waals surface area contributed by atoms with E-state index in [9.17, 15) is 9.18 Å². The van der Waals surface area contributed by atoms with Crippen molar-refractivity contribution in [2.75, 3.05) is 19.8 Å². The lowest BCUT2D eigenvalue weighted by Crippen LogP contribution is -2.39. The Morgan fingerprint density at radius 1 is 1.17 bits per heavy atom. The number of aryl methyl sites for hydroxylation is 1. The molecule has 0 spiro atoms. The van der Waals surface area contributed by atoms with Gasteiger partial charge >= 0.3 is 0 Å². The zero-order valence-electron chi connectivity index (χ0n) is 16.5. The first kappa shape index (κ1) is 19.8. The Hall–Kier alpha value is -2.48. The normalized spacial score (nSPS) is 15.2. The third kappa shape index (κ3) is 4.75. The SMILES string of the molecule is Cc1nnc(-c2ccc3nnc(CC(=O)N4CCC(CCCF)CC4)cc3c2)s1. The quantitative estimate of drug-likeness (QED) is 0.611. The van der Waals surface area contributed by atoms with Crippen LogP contribution in [0.15, 0.2) is 24.3 Å². The number of benzene rings is 1. The maximum absolute atomic E-state index is 12.7. The van der Waals surface area contributed by atoms with Crippen molar-refractivity contribution in [2.24, 2.45) is 5.92 Å². The predicted octanol–water partition coefficient (Wildman–Crippen LogP) is 3.99. The van der Waals surface area contributed by atoms with Gasteiger partial charge in [0.25, 0.3) is 0 Å². The Bertz CT molecular complexity index is 1000. The van der Waals surface area contributed by atoms with Crippen molar-refractivity contribution in [3.63, 3.8) is 0 Å². The molecule has 0 aliphatic carbocycles. The molecule has 0 radical (unpaired) electrons. The zero-order chi connectivity index (χ0) is 20.2. The summed E-state index contributed by atoms with van der Waals surface area (Å²) in [6.45, 7) is 3.18. The van der Waals surface area contributed by atoms with Gasteiger partial charge in [0.1, 0.15) is 10.0 Å². The molecule has 1 fully saturated rings. The van der Waals surface area contributed by atoms with Crippen molar-refractivity contribution < 1.29 is 9.18 Å². The summed E-state index contributed by atoms with van der Waals surface area (Å²) in [5, 5.41) is 19.5. The van der Waals surface area contributed by atoms with Crippen LogP contribution in [0.3, 0.4) is 0 Å². The van der Waals surface area contributed by atoms with Crippen molar-refractivity contribution in [3.8, 4) is 10.6 Å². The molecular formula is C21H24FN5OS. The fourth-order valence-electron chi connectivity index (χ4n) is 3.82. The minimum absolute atomic E-state index is 0.0819. The van der Waals surface area contributed by atoms with E-state index in [-0.39, 0.29) is 19.0 Å². The monoisotopic (exact) mass is 413 g/mol. The van der Waals surface area contributed by atoms with Crippen molar-refractivity contribution in [3.05, 3.63) is 35.0 Å². The molecule has 0 saturated carbocycles. The zero-order valence-corrected chi connectivity index (χ0v) is 17.3. The Balaban J connectivity index is 1.43. The average Bonchev–Trinajstić information content (AvgIpc) is 3.18. The molecule has 6 nitrogen and oxygen atoms in total. The molecule has 0 N–H and O–H groups in total. The van der Waals surface area contributed by atoms with Gasteiger partial charge in [0.2, 0.25) is 5.91 Å². The topological polar surface area (TPSA) is 71.9 Å². The van der Waals surface area contributed by atoms with Crippen molar-refractivity contribution in [1.29, 1.82) is 0 Å². The second-order valence-corrected chi connectivity index (χ2v) is 8.75. The van der Waals surface area contributed by atoms with Crippen LogP contribution in [0.5, 0.6) is 0 Å². The molecule has 4 rings (SSSR count). The van der Waals surface area contributed by atoms with E-state index in [1.807, 2.05) is 36.1 Å². The van der Waals surface area contributed by atoms with Gasteiger partial charge in [-0.25, -0.2) is 0 Å². The Morgan fingerprint density at radius 3 is 2.72 bits per heavy atom. The highest BCUT2D eigenvalue weighted by molar-refractivity contribution is 7.14. The van der Waals surface area contributed by atoms with E-state index in [2.05, 4.69) is 20.4 Å². The Morgan fingerprint density at radius 2 is 2.00 bits per heavy atom. The van der Waals surface area contributed by atoms with Crippen LogP contribution in [0.1, 0.15) is 36.4 Å². The van der Waals surface area contributed by atoms with E-state index in [4.69, 9.17) is 0 Å². The van der Waals surface area contributed by atoms with E-state index in [0.29, 0.717) is 18.0 Å². The number of hydrogen-bond donors (Lipinski definition) is 0. The van der Waals surface area contributed by atoms with Gasteiger partial charge in [-0.05, 0) is 62.8 Å². The molecule has 3 heterocycles. The molecule has 2 aromatic heterocycles. The summed E-state index contributed by atoms with van der Waals surface area (Å²) >= 11 is 1.55. The van der Waals surface area contributed by atoms with Crippen molar-refractivity contribution in [2.45, 2.75) is 39.0 Å². The van der Waals surface area contributed by atoms with E-state index < -0.39 is 0 Å². The molecule has 1 amide bonds. The number of piperidine rings is 1. The number of likely N-dealkylation sites (tertiary alicyclic amines) is 1. The fourth-order valence-corrected chi connectivity index (χ4v) is 4.51. The third-order valence-electron chi connectivity index (χ3n) is 5.45. The van der Waals surface area contributed by atoms with Crippen molar-refractivity contribution in [1.82, 2.24) is 25.3 Å². The lowest BCUT2D eigenvalue weighted by molar-refractivity contribution is -0.131. The van der Waals surface area contributed by atoms with Gasteiger partial charge in [-0.2, -0.15) is 10.2 Å². The molecule has 29 heavy (non-hydrogen) atoms. The van der Waals surface area contributed by atoms with Gasteiger partial charge in [0, 0.05) is 24.0 Å². The molecular weight excluding hydrogens is 389 g/mol. The highest BCUT2D eigenvalue weighted by Gasteiger charge is 2.23. The second-order valence-electron chi connectivity index (χ2n) is 7.57. The van der Waals surface area contributed by atoms with Gasteiger partial charge < -0.3 is 4.90 Å². The number of alkyl halides is 1. The Labute approximate surface area is 173 Å². The summed E-state index contributed by atoms with van der Waals surface area (Å²) < 4.78 is 12.3. The number of fused-ring (bicyclic) bond motifs is 1. The van der Waals surface area contributed by atoms with Crippen LogP contribution in [-0.2, 0) is 11.2 Å². The maximum Gasteiger partial charge on any atom is 0.228 e. The van der Waals surface area contributed by atoms with Gasteiger partial charge in [0.05, 0.1) is 24.3 Å². The highest BCUT2D eigenvalue weighted by atomic mass is 32.1. The van der Waals surface area contributed by atoms with E-state index in [0.717, 1.165) is 58.8 Å². The maximum atomic E-state index is 12.7. The van der Waals surface area contributed by atoms with E-state index >= 15 is 0 Å². The lowest BCUT2D eigenvalue weighted by atomic mass is 9.92. The summed E-state index contributed by atoms with van der Waals surface area (Å²) in [5.74, 6) is 0.621. The molecule has 1 aromatic carbocycles. The fraction of sp³-hybridized carbons (Fsp3) is 0.476. The minimum Gasteiger partial charge on any atom is -0.342 e. The molecule has 0 atom stereocenters. The number of rotatable bonds is 6. The minimum atomic E-state index is -0.250. The van der Waals surface area contributed by atoms with Crippen LogP contribution in [0, 0.1) is 12.8 Å². The molecule has 152 valence electrons. The third-order valence-corrected chi connectivity index (χ3v) is 6.34. The van der Waals surface area contributed by atoms with Crippen LogP contribution in [-0.4, -0.2) is 51.0 Å². The van der Waals surface area contributed by atoms with Crippen LogP contribution in [0.2, 0.25) is 0 Å². The summed E-state index contributed by atoms with van der Waals surface area (Å²) in [4.78, 5) is 14.6. The van der Waals surface area contributed by atoms with Crippen LogP contribution in [0.25, 0.3) is 21.5 Å². The first-order valence-corrected chi connectivity index (χ1v) is 10.8. The van der Waals surface area contributed by atoms with E-state index in [1.165, 1.54) is 0 Å². The van der Waals surface area contributed by atoms with Gasteiger partial charge in [0.15, 0.2) is 0 Å². The number of amides is 1. The summed E-state index contributed by atoms with van der Waals surface area (Å²) in [6.07, 6.45) is 3.72. The first-order chi connectivity index (χ1) is 14.1. The lowest BCUT2D eigenvalue weighted by Gasteiger charge is -2.32. The number of aromatic nitrogens is 4. The summed E-state index contributed by atoms with van der Waals surface area (Å²) in [7, 11) is 0. The van der Waals surface area contributed by atoms with Crippen molar-refractivity contribution >= 4 is 28.1 Å². The largest absolute Gasteiger partial charge is 0.342 e.